The number of anilines is 2. The molecule has 62 heavy (non-hydrogen) atoms. The van der Waals surface area contributed by atoms with Crippen LogP contribution in [0.4, 0.5) is 11.6 Å². The average Bonchev–Trinajstić information content (AvgIpc) is 3.83. The summed E-state index contributed by atoms with van der Waals surface area (Å²) >= 11 is 0. The Morgan fingerprint density at radius 2 is 0.839 bits per heavy atom. The number of hydrogen-bond acceptors (Lipinski definition) is 30. The molecule has 0 bridgehead atoms. The van der Waals surface area contributed by atoms with Crippen molar-refractivity contribution < 1.29 is 251 Å². The number of ether oxygens (including phenoxy) is 2. The topological polar surface area (TPSA) is 495 Å². The van der Waals surface area contributed by atoms with Crippen LogP contribution in [-0.4, -0.2) is 109 Å². The third-order valence-corrected chi connectivity index (χ3v) is 14.9. The van der Waals surface area contributed by atoms with Gasteiger partial charge in [-0.25, -0.2) is 47.1 Å². The molecule has 42 heteroatoms. The van der Waals surface area contributed by atoms with E-state index >= 15 is 0 Å². The van der Waals surface area contributed by atoms with E-state index in [4.69, 9.17) is 20.9 Å². The number of imidazole rings is 2. The SMILES string of the molecule is Nc1ncnc2c1ncn2[C@@H]1O[C@H](COP(=O)([O-])OP(=O)([O-])OP(=O)([O-])OP(=O)([O-])OP(=O)([O-])OC[C@H]2O[C@@H](n3cnc4c(N)ncnc43)[C@@H](O)C2O)[C@H](O)C1O.[Na+].[Na+].[Na+].[Na+].[Na+]. The number of fused-ring (bicyclic) bond motifs is 2. The Bertz CT molecular complexity index is 2250. The van der Waals surface area contributed by atoms with Crippen LogP contribution in [0, 0.1) is 0 Å². The maximum Gasteiger partial charge on any atom is 1.00 e. The summed E-state index contributed by atoms with van der Waals surface area (Å²) < 4.78 is 96.0. The molecule has 2 aliphatic rings. The molecule has 4 aromatic rings. The zero-order valence-electron chi connectivity index (χ0n) is 32.4. The molecule has 0 saturated carbocycles. The van der Waals surface area contributed by atoms with E-state index in [1.165, 1.54) is 0 Å². The van der Waals surface area contributed by atoms with Crippen LogP contribution in [0.1, 0.15) is 12.5 Å². The summed E-state index contributed by atoms with van der Waals surface area (Å²) in [6, 6.07) is 0. The average molecular weight is 1030 g/mol. The number of nitrogen functional groups attached to an aromatic ring is 2. The van der Waals surface area contributed by atoms with Gasteiger partial charge in [0.05, 0.1) is 25.9 Å². The predicted octanol–water partition coefficient (Wildman–Crippen LogP) is -20.5. The minimum atomic E-state index is -6.88. The number of rotatable bonds is 16. The second kappa shape index (κ2) is 24.3. The minimum absolute atomic E-state index is 0. The number of phosphoric ester groups is 2. The first-order valence-electron chi connectivity index (χ1n) is 15.0. The first kappa shape index (κ1) is 62.2. The molecular weight excluding hydrogens is 1000 g/mol. The number of nitrogens with zero attached hydrogens (tertiary/aromatic N) is 8. The summed E-state index contributed by atoms with van der Waals surface area (Å²) in [4.78, 5) is 83.8. The Hall–Kier alpha value is 2.17. The molecule has 13 atom stereocenters. The summed E-state index contributed by atoms with van der Waals surface area (Å²) in [6.45, 7) is -2.58. The van der Waals surface area contributed by atoms with Crippen LogP contribution in [0.2, 0.25) is 0 Å². The molecule has 316 valence electrons. The van der Waals surface area contributed by atoms with Crippen molar-refractivity contribution >= 4 is 73.1 Å². The molecule has 7 unspecified atom stereocenters. The predicted molar refractivity (Wildman–Crippen MR) is 166 cm³/mol. The van der Waals surface area contributed by atoms with Crippen molar-refractivity contribution in [3.05, 3.63) is 25.3 Å². The van der Waals surface area contributed by atoms with Gasteiger partial charge in [0.25, 0.3) is 39.1 Å². The molecule has 0 spiro atoms. The van der Waals surface area contributed by atoms with Gasteiger partial charge in [-0.2, -0.15) is 0 Å². The largest absolute Gasteiger partial charge is 1.00 e. The van der Waals surface area contributed by atoms with Crippen molar-refractivity contribution in [1.82, 2.24) is 39.0 Å². The van der Waals surface area contributed by atoms with Gasteiger partial charge in [0.15, 0.2) is 35.4 Å². The first-order chi connectivity index (χ1) is 26.4. The van der Waals surface area contributed by atoms with E-state index in [0.717, 1.165) is 34.4 Å². The van der Waals surface area contributed by atoms with Gasteiger partial charge in [0.2, 0.25) is 0 Å². The molecule has 4 aromatic heterocycles. The molecule has 6 rings (SSSR count). The number of aliphatic hydroxyl groups is 4. The van der Waals surface area contributed by atoms with Gasteiger partial charge in [0.1, 0.15) is 60.3 Å². The van der Waals surface area contributed by atoms with E-state index in [2.05, 4.69) is 56.2 Å². The standard InChI is InChI=1S/C20H29N10O22P5.5Na/c21-15-9-17(25-3-23-15)29(5-27-9)19-13(33)11(31)7(47-19)1-45-53(35,36)49-55(39,40)51-57(43,44)52-56(41,42)50-54(37,38)46-2-8-12(32)14(34)20(48-8)30-6-28-10-16(22)24-4-26-18(10)30;;;;;/h3-8,11-14,19-20,31-34H,1-2H2,(H,35,36)(H,37,38)(H,39,40)(H,41,42)(H,43,44)(H2,21,23,25)(H2,22,24,26);;;;;/q;5*+1/p-5/t7-,8-,11+,12?,13?,14+,19-,20-;;;;;/m1...../s1. The smallest absolute Gasteiger partial charge is 0.756 e. The number of phosphoric acid groups is 5. The Balaban J connectivity index is 0.00000384. The molecule has 0 amide bonds. The maximum atomic E-state index is 12.2. The second-order valence-corrected chi connectivity index (χ2v) is 19.0. The molecule has 0 aliphatic carbocycles. The summed E-state index contributed by atoms with van der Waals surface area (Å²) in [5, 5.41) is 41.6. The van der Waals surface area contributed by atoms with Crippen molar-refractivity contribution in [3.63, 3.8) is 0 Å². The monoisotopic (exact) mass is 1030 g/mol. The van der Waals surface area contributed by atoms with Gasteiger partial charge in [-0.05, 0) is 0 Å². The molecule has 0 aromatic carbocycles. The second-order valence-electron chi connectivity index (χ2n) is 11.4. The fraction of sp³-hybridized carbons (Fsp3) is 0.500. The van der Waals surface area contributed by atoms with Gasteiger partial charge in [-0.15, -0.1) is 0 Å². The molecule has 32 nitrogen and oxygen atoms in total. The fourth-order valence-corrected chi connectivity index (χ4v) is 11.3. The van der Waals surface area contributed by atoms with E-state index in [9.17, 15) is 67.7 Å². The molecule has 2 saturated heterocycles. The number of aliphatic hydroxyl groups excluding tert-OH is 4. The van der Waals surface area contributed by atoms with Crippen LogP contribution in [0.25, 0.3) is 22.3 Å². The van der Waals surface area contributed by atoms with E-state index in [0.29, 0.717) is 0 Å². The molecule has 6 heterocycles. The normalized spacial score (nSPS) is 28.3. The number of nitrogens with two attached hydrogens (primary N) is 2. The maximum absolute atomic E-state index is 12.2. The Kier molecular flexibility index (Phi) is 24.4. The van der Waals surface area contributed by atoms with E-state index in [1.807, 2.05) is 0 Å². The molecule has 0 radical (unpaired) electrons. The Morgan fingerprint density at radius 3 is 1.16 bits per heavy atom. The Morgan fingerprint density at radius 1 is 0.532 bits per heavy atom. The minimum Gasteiger partial charge on any atom is -0.756 e. The van der Waals surface area contributed by atoms with Gasteiger partial charge >= 0.3 is 148 Å². The van der Waals surface area contributed by atoms with Crippen LogP contribution >= 0.6 is 39.1 Å². The zero-order chi connectivity index (χ0) is 41.9. The number of hydrogen-bond donors (Lipinski definition) is 6. The van der Waals surface area contributed by atoms with E-state index < -0.39 is 101 Å². The van der Waals surface area contributed by atoms with Crippen molar-refractivity contribution in [1.29, 1.82) is 0 Å². The quantitative estimate of drug-likeness (QED) is 0.0448. The molecule has 8 N–H and O–H groups in total. The van der Waals surface area contributed by atoms with Gasteiger partial charge < -0.3 is 74.9 Å². The van der Waals surface area contributed by atoms with Gasteiger partial charge in [-0.3, -0.25) is 32.0 Å². The molecule has 2 aliphatic heterocycles. The Labute approximate surface area is 456 Å². The fourth-order valence-electron chi connectivity index (χ4n) is 5.22. The van der Waals surface area contributed by atoms with Gasteiger partial charge in [0, 0.05) is 0 Å². The van der Waals surface area contributed by atoms with E-state index in [1.54, 1.807) is 0 Å². The zero-order valence-corrected chi connectivity index (χ0v) is 46.9. The third-order valence-electron chi connectivity index (χ3n) is 7.59. The molecule has 2 fully saturated rings. The summed E-state index contributed by atoms with van der Waals surface area (Å²) in [5.74, 6) is -0.127. The number of aromatic nitrogens is 8. The van der Waals surface area contributed by atoms with Crippen LogP contribution in [0.5, 0.6) is 0 Å². The third kappa shape index (κ3) is 15.1. The summed E-state index contributed by atoms with van der Waals surface area (Å²) in [7, 11) is -32.8. The van der Waals surface area contributed by atoms with Crippen molar-refractivity contribution in [2.45, 2.75) is 49.1 Å². The van der Waals surface area contributed by atoms with Crippen molar-refractivity contribution in [3.8, 4) is 0 Å². The van der Waals surface area contributed by atoms with Crippen LogP contribution in [0.15, 0.2) is 25.3 Å². The van der Waals surface area contributed by atoms with Crippen molar-refractivity contribution in [2.24, 2.45) is 0 Å². The first-order valence-corrected chi connectivity index (χ1v) is 22.3. The van der Waals surface area contributed by atoms with Crippen LogP contribution in [-0.2, 0) is 58.6 Å². The summed E-state index contributed by atoms with van der Waals surface area (Å²) in [6.07, 6.45) is -9.67. The molecular formula is C20H24N10Na5O22P5. The van der Waals surface area contributed by atoms with Crippen LogP contribution in [0.3, 0.4) is 0 Å². The summed E-state index contributed by atoms with van der Waals surface area (Å²) in [5.41, 5.74) is 11.5. The van der Waals surface area contributed by atoms with Gasteiger partial charge in [-0.1, -0.05) is 0 Å². The van der Waals surface area contributed by atoms with E-state index in [-0.39, 0.29) is 182 Å². The van der Waals surface area contributed by atoms with Crippen molar-refractivity contribution in [2.75, 3.05) is 24.7 Å². The van der Waals surface area contributed by atoms with Crippen LogP contribution < -0.4 is 184 Å².